The molecule has 5 heteroatoms. The van der Waals surface area contributed by atoms with Crippen molar-refractivity contribution in [1.82, 2.24) is 4.90 Å². The zero-order valence-electron chi connectivity index (χ0n) is 11.9. The van der Waals surface area contributed by atoms with Crippen LogP contribution < -0.4 is 0 Å². The van der Waals surface area contributed by atoms with Gasteiger partial charge in [0.25, 0.3) is 0 Å². The van der Waals surface area contributed by atoms with E-state index in [9.17, 15) is 9.59 Å². The third-order valence-corrected chi connectivity index (χ3v) is 1.85. The molecule has 0 aliphatic carbocycles. The molecule has 5 nitrogen and oxygen atoms in total. The van der Waals surface area contributed by atoms with Crippen LogP contribution in [0.4, 0.5) is 0 Å². The molecule has 0 aromatic rings. The van der Waals surface area contributed by atoms with Crippen LogP contribution in [-0.4, -0.2) is 49.2 Å². The fourth-order valence-corrected chi connectivity index (χ4v) is 1.22. The van der Waals surface area contributed by atoms with Gasteiger partial charge in [0.15, 0.2) is 0 Å². The highest BCUT2D eigenvalue weighted by Gasteiger charge is 2.20. The minimum absolute atomic E-state index is 0.121. The normalized spacial score (nSPS) is 11.2. The molecule has 0 saturated carbocycles. The topological polar surface area (TPSA) is 55.8 Å². The number of nitrogens with zero attached hydrogens (tertiary/aromatic N) is 1. The Balaban J connectivity index is 4.15. The van der Waals surface area contributed by atoms with Crippen LogP contribution in [0.1, 0.15) is 27.7 Å². The molecule has 0 heterocycles. The summed E-state index contributed by atoms with van der Waals surface area (Å²) >= 11 is 0. The van der Waals surface area contributed by atoms with Crippen molar-refractivity contribution in [1.29, 1.82) is 0 Å². The van der Waals surface area contributed by atoms with Crippen LogP contribution in [0.3, 0.4) is 0 Å². The molecular formula is C13H23NO4. The SMILES string of the molecule is C=C(CN(C)CC(=O)OCC)C(=O)OC(C)(C)C. The van der Waals surface area contributed by atoms with Gasteiger partial charge in [0.2, 0.25) is 0 Å². The van der Waals surface area contributed by atoms with E-state index in [0.29, 0.717) is 12.2 Å². The van der Waals surface area contributed by atoms with E-state index in [4.69, 9.17) is 9.47 Å². The Hall–Kier alpha value is -1.36. The molecule has 0 spiro atoms. The van der Waals surface area contributed by atoms with E-state index in [1.54, 1.807) is 39.6 Å². The predicted molar refractivity (Wildman–Crippen MR) is 69.1 cm³/mol. The maximum Gasteiger partial charge on any atom is 0.335 e. The van der Waals surface area contributed by atoms with E-state index in [0.717, 1.165) is 0 Å². The summed E-state index contributed by atoms with van der Waals surface area (Å²) in [4.78, 5) is 24.5. The second-order valence-electron chi connectivity index (χ2n) is 5.08. The van der Waals surface area contributed by atoms with Gasteiger partial charge in [0, 0.05) is 12.1 Å². The van der Waals surface area contributed by atoms with Gasteiger partial charge in [-0.2, -0.15) is 0 Å². The minimum Gasteiger partial charge on any atom is -0.465 e. The highest BCUT2D eigenvalue weighted by molar-refractivity contribution is 5.88. The molecule has 0 aliphatic heterocycles. The molecule has 0 bridgehead atoms. The van der Waals surface area contributed by atoms with Crippen molar-refractivity contribution < 1.29 is 19.1 Å². The predicted octanol–water partition coefficient (Wildman–Crippen LogP) is 1.38. The van der Waals surface area contributed by atoms with Gasteiger partial charge in [-0.15, -0.1) is 0 Å². The van der Waals surface area contributed by atoms with Gasteiger partial charge in [0.05, 0.1) is 13.2 Å². The molecule has 18 heavy (non-hydrogen) atoms. The lowest BCUT2D eigenvalue weighted by atomic mass is 10.2. The summed E-state index contributed by atoms with van der Waals surface area (Å²) < 4.78 is 9.98. The molecular weight excluding hydrogens is 234 g/mol. The summed E-state index contributed by atoms with van der Waals surface area (Å²) in [6, 6.07) is 0. The van der Waals surface area contributed by atoms with Crippen LogP contribution >= 0.6 is 0 Å². The molecule has 0 aliphatic rings. The quantitative estimate of drug-likeness (QED) is 0.531. The van der Waals surface area contributed by atoms with Crippen molar-refractivity contribution in [3.05, 3.63) is 12.2 Å². The number of likely N-dealkylation sites (N-methyl/N-ethyl adjacent to an activating group) is 1. The Kier molecular flexibility index (Phi) is 6.62. The number of esters is 2. The Morgan fingerprint density at radius 3 is 2.22 bits per heavy atom. The Morgan fingerprint density at radius 1 is 1.22 bits per heavy atom. The number of rotatable bonds is 6. The molecule has 0 atom stereocenters. The summed E-state index contributed by atoms with van der Waals surface area (Å²) in [5, 5.41) is 0. The summed E-state index contributed by atoms with van der Waals surface area (Å²) in [6.07, 6.45) is 0. The first-order valence-electron chi connectivity index (χ1n) is 5.91. The molecule has 0 unspecified atom stereocenters. The van der Waals surface area contributed by atoms with Gasteiger partial charge in [-0.1, -0.05) is 6.58 Å². The van der Waals surface area contributed by atoms with Crippen LogP contribution in [0.25, 0.3) is 0 Å². The van der Waals surface area contributed by atoms with Crippen molar-refractivity contribution in [2.24, 2.45) is 0 Å². The van der Waals surface area contributed by atoms with E-state index >= 15 is 0 Å². The van der Waals surface area contributed by atoms with Gasteiger partial charge in [-0.25, -0.2) is 4.79 Å². The van der Waals surface area contributed by atoms with E-state index in [1.165, 1.54) is 0 Å². The summed E-state index contributed by atoms with van der Waals surface area (Å²) in [7, 11) is 1.71. The molecule has 0 amide bonds. The van der Waals surface area contributed by atoms with Gasteiger partial charge in [-0.05, 0) is 34.7 Å². The maximum atomic E-state index is 11.6. The lowest BCUT2D eigenvalue weighted by molar-refractivity contribution is -0.151. The fourth-order valence-electron chi connectivity index (χ4n) is 1.22. The molecule has 0 fully saturated rings. The standard InChI is InChI=1S/C13H23NO4/c1-7-17-11(15)9-14(6)8-10(2)12(16)18-13(3,4)5/h2,7-9H2,1,3-6H3. The molecule has 0 radical (unpaired) electrons. The lowest BCUT2D eigenvalue weighted by Crippen LogP contribution is -2.32. The monoisotopic (exact) mass is 257 g/mol. The van der Waals surface area contributed by atoms with Crippen LogP contribution in [0, 0.1) is 0 Å². The van der Waals surface area contributed by atoms with E-state index in [1.807, 2.05) is 0 Å². The molecule has 0 aromatic carbocycles. The van der Waals surface area contributed by atoms with E-state index in [2.05, 4.69) is 6.58 Å². The number of hydrogen-bond donors (Lipinski definition) is 0. The average molecular weight is 257 g/mol. The van der Waals surface area contributed by atoms with Crippen molar-refractivity contribution in [2.45, 2.75) is 33.3 Å². The van der Waals surface area contributed by atoms with E-state index in [-0.39, 0.29) is 19.1 Å². The fraction of sp³-hybridized carbons (Fsp3) is 0.692. The van der Waals surface area contributed by atoms with Gasteiger partial charge in [-0.3, -0.25) is 9.69 Å². The first-order chi connectivity index (χ1) is 8.15. The van der Waals surface area contributed by atoms with Crippen LogP contribution in [0.5, 0.6) is 0 Å². The smallest absolute Gasteiger partial charge is 0.335 e. The average Bonchev–Trinajstić information content (AvgIpc) is 2.14. The first-order valence-corrected chi connectivity index (χ1v) is 5.91. The third-order valence-electron chi connectivity index (χ3n) is 1.85. The van der Waals surface area contributed by atoms with Crippen molar-refractivity contribution in [3.8, 4) is 0 Å². The Bertz CT molecular complexity index is 317. The highest BCUT2D eigenvalue weighted by Crippen LogP contribution is 2.10. The second-order valence-corrected chi connectivity index (χ2v) is 5.08. The lowest BCUT2D eigenvalue weighted by Gasteiger charge is -2.22. The van der Waals surface area contributed by atoms with Crippen LogP contribution in [0.2, 0.25) is 0 Å². The molecule has 0 saturated heterocycles. The van der Waals surface area contributed by atoms with Crippen LogP contribution in [0.15, 0.2) is 12.2 Å². The number of carbonyl (C=O) groups excluding carboxylic acids is 2. The maximum absolute atomic E-state index is 11.6. The van der Waals surface area contributed by atoms with Gasteiger partial charge < -0.3 is 9.47 Å². The highest BCUT2D eigenvalue weighted by atomic mass is 16.6. The zero-order chi connectivity index (χ0) is 14.3. The largest absolute Gasteiger partial charge is 0.465 e. The summed E-state index contributed by atoms with van der Waals surface area (Å²) in [6.45, 7) is 11.5. The molecule has 0 rings (SSSR count). The number of carbonyl (C=O) groups is 2. The van der Waals surface area contributed by atoms with Crippen molar-refractivity contribution in [2.75, 3.05) is 26.7 Å². The third kappa shape index (κ3) is 7.84. The molecule has 0 aromatic heterocycles. The first kappa shape index (κ1) is 16.6. The second kappa shape index (κ2) is 7.16. The number of ether oxygens (including phenoxy) is 2. The van der Waals surface area contributed by atoms with Crippen LogP contribution in [-0.2, 0) is 19.1 Å². The molecule has 0 N–H and O–H groups in total. The van der Waals surface area contributed by atoms with E-state index < -0.39 is 11.6 Å². The van der Waals surface area contributed by atoms with Crippen molar-refractivity contribution in [3.63, 3.8) is 0 Å². The molecule has 104 valence electrons. The van der Waals surface area contributed by atoms with Crippen molar-refractivity contribution >= 4 is 11.9 Å². The number of hydrogen-bond acceptors (Lipinski definition) is 5. The summed E-state index contributed by atoms with van der Waals surface area (Å²) in [5.41, 5.74) is -0.226. The Labute approximate surface area is 109 Å². The Morgan fingerprint density at radius 2 is 1.78 bits per heavy atom. The van der Waals surface area contributed by atoms with Gasteiger partial charge >= 0.3 is 11.9 Å². The minimum atomic E-state index is -0.542. The van der Waals surface area contributed by atoms with Gasteiger partial charge in [0.1, 0.15) is 5.60 Å². The summed E-state index contributed by atoms with van der Waals surface area (Å²) in [5.74, 6) is -0.768. The zero-order valence-corrected chi connectivity index (χ0v) is 11.9.